The molecule has 0 bridgehead atoms. The molecule has 0 aliphatic carbocycles. The van der Waals surface area contributed by atoms with Gasteiger partial charge in [-0.25, -0.2) is 13.1 Å². The van der Waals surface area contributed by atoms with E-state index in [1.165, 1.54) is 0 Å². The lowest BCUT2D eigenvalue weighted by molar-refractivity contribution is 0.122. The Bertz CT molecular complexity index is 815. The molecule has 0 spiro atoms. The molecule has 1 heterocycles. The summed E-state index contributed by atoms with van der Waals surface area (Å²) in [5, 5.41) is 0. The topological polar surface area (TPSA) is 58.6 Å². The molecule has 140 valence electrons. The number of anilines is 1. The Morgan fingerprint density at radius 1 is 1.04 bits per heavy atom. The van der Waals surface area contributed by atoms with Gasteiger partial charge >= 0.3 is 0 Å². The van der Waals surface area contributed by atoms with Crippen molar-refractivity contribution in [2.24, 2.45) is 0 Å². The predicted molar refractivity (Wildman–Crippen MR) is 106 cm³/mol. The van der Waals surface area contributed by atoms with Crippen molar-refractivity contribution in [3.05, 3.63) is 54.1 Å². The van der Waals surface area contributed by atoms with Crippen LogP contribution < -0.4 is 9.62 Å². The van der Waals surface area contributed by atoms with Gasteiger partial charge in [0, 0.05) is 29.7 Å². The van der Waals surface area contributed by atoms with Crippen molar-refractivity contribution in [3.8, 4) is 0 Å². The van der Waals surface area contributed by atoms with Gasteiger partial charge in [-0.3, -0.25) is 0 Å². The number of nitrogens with one attached hydrogen (secondary N) is 1. The summed E-state index contributed by atoms with van der Waals surface area (Å²) in [6, 6.07) is 14.7. The normalized spacial score (nSPS) is 16.5. The summed E-state index contributed by atoms with van der Waals surface area (Å²) in [5.74, 6) is 0. The molecule has 1 fully saturated rings. The van der Waals surface area contributed by atoms with Gasteiger partial charge in [0.2, 0.25) is 10.0 Å². The van der Waals surface area contributed by atoms with Crippen LogP contribution in [0.15, 0.2) is 58.3 Å². The van der Waals surface area contributed by atoms with Crippen molar-refractivity contribution < 1.29 is 13.2 Å². The second-order valence-electron chi connectivity index (χ2n) is 6.21. The highest BCUT2D eigenvalue weighted by Crippen LogP contribution is 2.23. The molecule has 0 amide bonds. The number of hydrogen-bond acceptors (Lipinski definition) is 5. The van der Waals surface area contributed by atoms with Crippen LogP contribution in [0.2, 0.25) is 0 Å². The number of sulfonamides is 1. The molecule has 2 aromatic rings. The van der Waals surface area contributed by atoms with Gasteiger partial charge in [0.25, 0.3) is 0 Å². The fraction of sp³-hybridized carbons (Fsp3) is 0.368. The van der Waals surface area contributed by atoms with Crippen LogP contribution in [0.25, 0.3) is 0 Å². The van der Waals surface area contributed by atoms with Gasteiger partial charge in [-0.15, -0.1) is 11.8 Å². The van der Waals surface area contributed by atoms with Crippen molar-refractivity contribution in [2.45, 2.75) is 22.8 Å². The summed E-state index contributed by atoms with van der Waals surface area (Å²) >= 11 is 1.58. The molecule has 0 radical (unpaired) electrons. The Morgan fingerprint density at radius 3 is 2.23 bits per heavy atom. The fourth-order valence-electron chi connectivity index (χ4n) is 2.92. The maximum Gasteiger partial charge on any atom is 0.241 e. The number of thioether (sulfide) groups is 1. The average Bonchev–Trinajstić information content (AvgIpc) is 2.68. The number of benzene rings is 2. The van der Waals surface area contributed by atoms with Gasteiger partial charge < -0.3 is 9.64 Å². The largest absolute Gasteiger partial charge is 0.378 e. The second-order valence-corrected chi connectivity index (χ2v) is 8.80. The molecule has 26 heavy (non-hydrogen) atoms. The third-order valence-electron chi connectivity index (χ3n) is 4.47. The molecular formula is C19H24N2O3S2. The van der Waals surface area contributed by atoms with Crippen molar-refractivity contribution in [1.29, 1.82) is 0 Å². The summed E-state index contributed by atoms with van der Waals surface area (Å²) < 4.78 is 33.3. The van der Waals surface area contributed by atoms with E-state index in [1.54, 1.807) is 23.9 Å². The van der Waals surface area contributed by atoms with E-state index in [4.69, 9.17) is 4.74 Å². The first-order valence-electron chi connectivity index (χ1n) is 8.58. The van der Waals surface area contributed by atoms with Gasteiger partial charge in [-0.2, -0.15) is 0 Å². The van der Waals surface area contributed by atoms with Crippen LogP contribution in [0.1, 0.15) is 18.5 Å². The van der Waals surface area contributed by atoms with Crippen molar-refractivity contribution in [3.63, 3.8) is 0 Å². The van der Waals surface area contributed by atoms with Crippen molar-refractivity contribution >= 4 is 27.5 Å². The van der Waals surface area contributed by atoms with Crippen molar-refractivity contribution in [1.82, 2.24) is 4.72 Å². The van der Waals surface area contributed by atoms with E-state index >= 15 is 0 Å². The van der Waals surface area contributed by atoms with Crippen LogP contribution in [0.5, 0.6) is 0 Å². The lowest BCUT2D eigenvalue weighted by Gasteiger charge is -2.29. The Labute approximate surface area is 159 Å². The lowest BCUT2D eigenvalue weighted by atomic mass is 10.1. The summed E-state index contributed by atoms with van der Waals surface area (Å²) in [6.07, 6.45) is 1.96. The van der Waals surface area contributed by atoms with Crippen LogP contribution in [-0.2, 0) is 14.8 Å². The summed E-state index contributed by atoms with van der Waals surface area (Å²) in [5.41, 5.74) is 2.08. The number of hydrogen-bond donors (Lipinski definition) is 1. The second kappa shape index (κ2) is 8.43. The molecule has 2 aromatic carbocycles. The monoisotopic (exact) mass is 392 g/mol. The Morgan fingerprint density at radius 2 is 1.65 bits per heavy atom. The van der Waals surface area contributed by atoms with E-state index in [2.05, 4.69) is 9.62 Å². The quantitative estimate of drug-likeness (QED) is 0.765. The minimum absolute atomic E-state index is 0.284. The molecule has 1 aliphatic rings. The summed E-state index contributed by atoms with van der Waals surface area (Å²) in [7, 11) is -3.55. The number of rotatable bonds is 6. The van der Waals surface area contributed by atoms with Gasteiger partial charge in [-0.1, -0.05) is 12.1 Å². The molecule has 0 aromatic heterocycles. The Kier molecular flexibility index (Phi) is 6.24. The van der Waals surface area contributed by atoms with Crippen LogP contribution in [0.4, 0.5) is 5.69 Å². The SMILES string of the molecule is CSc1ccc(S(=O)(=O)N[C@@H](C)c2ccc(N3CCOCC3)cc2)cc1. The maximum absolute atomic E-state index is 12.6. The molecular weight excluding hydrogens is 368 g/mol. The molecule has 1 N–H and O–H groups in total. The predicted octanol–water partition coefficient (Wildman–Crippen LogP) is 3.28. The molecule has 1 atom stereocenters. The molecule has 7 heteroatoms. The standard InChI is InChI=1S/C19H24N2O3S2/c1-15(20-26(22,23)19-9-7-18(25-2)8-10-19)16-3-5-17(6-4-16)21-11-13-24-14-12-21/h3-10,15,20H,11-14H2,1-2H3/t15-/m0/s1. The van der Waals surface area contributed by atoms with Crippen LogP contribution in [-0.4, -0.2) is 41.0 Å². The first-order valence-corrected chi connectivity index (χ1v) is 11.3. The smallest absolute Gasteiger partial charge is 0.241 e. The average molecular weight is 393 g/mol. The molecule has 1 saturated heterocycles. The van der Waals surface area contributed by atoms with Gasteiger partial charge in [0.05, 0.1) is 18.1 Å². The lowest BCUT2D eigenvalue weighted by Crippen LogP contribution is -2.36. The summed E-state index contributed by atoms with van der Waals surface area (Å²) in [4.78, 5) is 3.60. The Balaban J connectivity index is 1.69. The Hall–Kier alpha value is -1.54. The van der Waals surface area contributed by atoms with Crippen LogP contribution >= 0.6 is 11.8 Å². The van der Waals surface area contributed by atoms with E-state index in [0.29, 0.717) is 0 Å². The minimum Gasteiger partial charge on any atom is -0.378 e. The fourth-order valence-corrected chi connectivity index (χ4v) is 4.56. The van der Waals surface area contributed by atoms with E-state index in [0.717, 1.165) is 42.4 Å². The first-order chi connectivity index (χ1) is 12.5. The van der Waals surface area contributed by atoms with E-state index < -0.39 is 10.0 Å². The highest BCUT2D eigenvalue weighted by atomic mass is 32.2. The van der Waals surface area contributed by atoms with Gasteiger partial charge in [0.1, 0.15) is 0 Å². The maximum atomic E-state index is 12.6. The zero-order valence-corrected chi connectivity index (χ0v) is 16.6. The molecule has 0 saturated carbocycles. The van der Waals surface area contributed by atoms with Gasteiger partial charge in [-0.05, 0) is 55.1 Å². The number of ether oxygens (including phenoxy) is 1. The third kappa shape index (κ3) is 4.59. The third-order valence-corrected chi connectivity index (χ3v) is 6.77. The highest BCUT2D eigenvalue weighted by molar-refractivity contribution is 7.98. The zero-order valence-electron chi connectivity index (χ0n) is 15.0. The van der Waals surface area contributed by atoms with Gasteiger partial charge in [0.15, 0.2) is 0 Å². The van der Waals surface area contributed by atoms with E-state index in [9.17, 15) is 8.42 Å². The van der Waals surface area contributed by atoms with E-state index in [1.807, 2.05) is 49.6 Å². The number of nitrogens with zero attached hydrogens (tertiary/aromatic N) is 1. The molecule has 3 rings (SSSR count). The van der Waals surface area contributed by atoms with Crippen LogP contribution in [0.3, 0.4) is 0 Å². The highest BCUT2D eigenvalue weighted by Gasteiger charge is 2.19. The van der Waals surface area contributed by atoms with Crippen LogP contribution in [0, 0.1) is 0 Å². The summed E-state index contributed by atoms with van der Waals surface area (Å²) in [6.45, 7) is 5.11. The molecule has 0 unspecified atom stereocenters. The minimum atomic E-state index is -3.55. The zero-order chi connectivity index (χ0) is 18.6. The van der Waals surface area contributed by atoms with E-state index in [-0.39, 0.29) is 10.9 Å². The molecule has 1 aliphatic heterocycles. The van der Waals surface area contributed by atoms with Crippen molar-refractivity contribution in [2.75, 3.05) is 37.5 Å². The number of morpholine rings is 1. The first kappa shape index (κ1) is 19.2. The molecule has 5 nitrogen and oxygen atoms in total.